The summed E-state index contributed by atoms with van der Waals surface area (Å²) in [6, 6.07) is 3.65. The Balaban J connectivity index is 2.00. The predicted molar refractivity (Wildman–Crippen MR) is 80.6 cm³/mol. The normalized spacial score (nSPS) is 22.7. The number of methoxy groups -OCH3 is 1. The average molecular weight is 289 g/mol. The number of nitrogens with zero attached hydrogens (tertiary/aromatic N) is 1. The number of hydrogen-bond acceptors (Lipinski definition) is 6. The number of benzene rings is 1. The number of nitrogens with one attached hydrogen (secondary N) is 1. The summed E-state index contributed by atoms with van der Waals surface area (Å²) in [6.07, 6.45) is 4.67. The van der Waals surface area contributed by atoms with Crippen molar-refractivity contribution in [2.45, 2.75) is 25.7 Å². The van der Waals surface area contributed by atoms with E-state index in [0.29, 0.717) is 17.9 Å². The number of ether oxygens (including phenoxy) is 2. The molecule has 2 aliphatic heterocycles. The first kappa shape index (κ1) is 13.8. The van der Waals surface area contributed by atoms with Crippen LogP contribution in [-0.2, 0) is 4.74 Å². The number of rotatable bonds is 3. The zero-order valence-electron chi connectivity index (χ0n) is 12.1. The van der Waals surface area contributed by atoms with Crippen LogP contribution < -0.4 is 20.7 Å². The van der Waals surface area contributed by atoms with Crippen LogP contribution in [-0.4, -0.2) is 32.0 Å². The number of esters is 1. The lowest BCUT2D eigenvalue weighted by Gasteiger charge is -2.37. The second kappa shape index (κ2) is 5.29. The first-order chi connectivity index (χ1) is 10.2. The third-order valence-corrected chi connectivity index (χ3v) is 3.83. The first-order valence-electron chi connectivity index (χ1n) is 6.96. The smallest absolute Gasteiger partial charge is 0.338 e. The summed E-state index contributed by atoms with van der Waals surface area (Å²) in [6.45, 7) is 2.53. The van der Waals surface area contributed by atoms with Crippen LogP contribution in [0, 0.1) is 0 Å². The van der Waals surface area contributed by atoms with Gasteiger partial charge in [-0.25, -0.2) is 4.79 Å². The highest BCUT2D eigenvalue weighted by atomic mass is 16.5. The van der Waals surface area contributed by atoms with Crippen molar-refractivity contribution in [2.75, 3.05) is 23.9 Å². The molecule has 0 spiro atoms. The van der Waals surface area contributed by atoms with Crippen LogP contribution in [0.15, 0.2) is 24.3 Å². The van der Waals surface area contributed by atoms with Crippen molar-refractivity contribution in [1.82, 2.24) is 0 Å². The van der Waals surface area contributed by atoms with Gasteiger partial charge in [0.05, 0.1) is 24.4 Å². The summed E-state index contributed by atoms with van der Waals surface area (Å²) >= 11 is 0. The summed E-state index contributed by atoms with van der Waals surface area (Å²) in [5, 5.41) is 3.20. The third kappa shape index (κ3) is 2.21. The standard InChI is InChI=1S/C15H19N3O3/c1-3-4-5-10-8-21-12-7-9(14(19)20-2)6-11-13(12)18(10)15(16)17-11/h3-4,6-7,10,15,17H,5,8,16H2,1-2H3/b4-3+/t10-,15?/m0/s1. The summed E-state index contributed by atoms with van der Waals surface area (Å²) in [7, 11) is 1.36. The number of hydrogen-bond donors (Lipinski definition) is 2. The van der Waals surface area contributed by atoms with E-state index in [9.17, 15) is 4.79 Å². The van der Waals surface area contributed by atoms with E-state index in [0.717, 1.165) is 17.8 Å². The van der Waals surface area contributed by atoms with Crippen LogP contribution in [0.4, 0.5) is 11.4 Å². The summed E-state index contributed by atoms with van der Waals surface area (Å²) in [5.74, 6) is 0.285. The van der Waals surface area contributed by atoms with Crippen molar-refractivity contribution in [3.8, 4) is 5.75 Å². The van der Waals surface area contributed by atoms with Crippen molar-refractivity contribution in [1.29, 1.82) is 0 Å². The molecule has 21 heavy (non-hydrogen) atoms. The lowest BCUT2D eigenvalue weighted by molar-refractivity contribution is 0.0600. The van der Waals surface area contributed by atoms with Gasteiger partial charge in [-0.1, -0.05) is 12.2 Å². The Morgan fingerprint density at radius 3 is 3.14 bits per heavy atom. The zero-order valence-corrected chi connectivity index (χ0v) is 12.1. The van der Waals surface area contributed by atoms with Crippen molar-refractivity contribution in [2.24, 2.45) is 5.73 Å². The second-order valence-electron chi connectivity index (χ2n) is 5.13. The van der Waals surface area contributed by atoms with Crippen molar-refractivity contribution >= 4 is 17.3 Å². The van der Waals surface area contributed by atoms with Gasteiger partial charge in [-0.05, 0) is 25.5 Å². The zero-order chi connectivity index (χ0) is 15.0. The van der Waals surface area contributed by atoms with E-state index in [1.54, 1.807) is 12.1 Å². The molecule has 1 aromatic rings. The van der Waals surface area contributed by atoms with E-state index in [1.165, 1.54) is 7.11 Å². The molecule has 0 saturated heterocycles. The lowest BCUT2D eigenvalue weighted by Crippen LogP contribution is -2.52. The molecule has 3 N–H and O–H groups in total. The molecule has 0 radical (unpaired) electrons. The number of carbonyl (C=O) groups excluding carboxylic acids is 1. The molecular formula is C15H19N3O3. The molecule has 2 atom stereocenters. The van der Waals surface area contributed by atoms with Gasteiger partial charge < -0.3 is 19.7 Å². The molecule has 0 fully saturated rings. The summed E-state index contributed by atoms with van der Waals surface area (Å²) in [5.41, 5.74) is 8.38. The molecule has 0 amide bonds. The molecule has 112 valence electrons. The molecule has 0 saturated carbocycles. The van der Waals surface area contributed by atoms with Crippen LogP contribution in [0.3, 0.4) is 0 Å². The second-order valence-corrected chi connectivity index (χ2v) is 5.13. The topological polar surface area (TPSA) is 76.8 Å². The van der Waals surface area contributed by atoms with E-state index in [-0.39, 0.29) is 18.3 Å². The third-order valence-electron chi connectivity index (χ3n) is 3.83. The Bertz CT molecular complexity index is 600. The van der Waals surface area contributed by atoms with Crippen LogP contribution >= 0.6 is 0 Å². The minimum atomic E-state index is -0.387. The Morgan fingerprint density at radius 2 is 2.43 bits per heavy atom. The fraction of sp³-hybridized carbons (Fsp3) is 0.400. The molecule has 6 heteroatoms. The number of nitrogens with two attached hydrogens (primary N) is 1. The van der Waals surface area contributed by atoms with E-state index in [4.69, 9.17) is 15.2 Å². The monoisotopic (exact) mass is 289 g/mol. The van der Waals surface area contributed by atoms with Gasteiger partial charge in [-0.15, -0.1) is 0 Å². The quantitative estimate of drug-likeness (QED) is 0.651. The van der Waals surface area contributed by atoms with Crippen molar-refractivity contribution in [3.05, 3.63) is 29.8 Å². The molecule has 3 rings (SSSR count). The molecule has 1 aromatic carbocycles. The largest absolute Gasteiger partial charge is 0.489 e. The molecule has 0 bridgehead atoms. The Labute approximate surface area is 123 Å². The maximum atomic E-state index is 11.7. The maximum Gasteiger partial charge on any atom is 0.338 e. The lowest BCUT2D eigenvalue weighted by atomic mass is 10.1. The molecule has 6 nitrogen and oxygen atoms in total. The van der Waals surface area contributed by atoms with Crippen molar-refractivity contribution in [3.63, 3.8) is 0 Å². The highest BCUT2D eigenvalue weighted by Crippen LogP contribution is 2.46. The molecule has 2 aliphatic rings. The highest BCUT2D eigenvalue weighted by molar-refractivity contribution is 5.95. The van der Waals surface area contributed by atoms with Gasteiger partial charge in [0.25, 0.3) is 0 Å². The van der Waals surface area contributed by atoms with Gasteiger partial charge in [0, 0.05) is 0 Å². The SMILES string of the molecule is C/C=C/C[C@H]1COc2cc(C(=O)OC)cc3c2N1C(N)N3. The predicted octanol–water partition coefficient (Wildman–Crippen LogP) is 1.67. The number of anilines is 2. The van der Waals surface area contributed by atoms with Crippen molar-refractivity contribution < 1.29 is 14.3 Å². The van der Waals surface area contributed by atoms with Gasteiger partial charge >= 0.3 is 5.97 Å². The van der Waals surface area contributed by atoms with E-state index >= 15 is 0 Å². The molecule has 0 aliphatic carbocycles. The highest BCUT2D eigenvalue weighted by Gasteiger charge is 2.38. The van der Waals surface area contributed by atoms with Gasteiger partial charge in [-0.3, -0.25) is 5.73 Å². The number of allylic oxidation sites excluding steroid dienone is 1. The maximum absolute atomic E-state index is 11.7. The molecular weight excluding hydrogens is 270 g/mol. The fourth-order valence-electron chi connectivity index (χ4n) is 2.85. The van der Waals surface area contributed by atoms with Gasteiger partial charge in [0.1, 0.15) is 18.0 Å². The minimum Gasteiger partial charge on any atom is -0.489 e. The van der Waals surface area contributed by atoms with Gasteiger partial charge in [-0.2, -0.15) is 0 Å². The van der Waals surface area contributed by atoms with Crippen LogP contribution in [0.25, 0.3) is 0 Å². The summed E-state index contributed by atoms with van der Waals surface area (Å²) < 4.78 is 10.6. The molecule has 2 heterocycles. The fourth-order valence-corrected chi connectivity index (χ4v) is 2.85. The Morgan fingerprint density at radius 1 is 1.62 bits per heavy atom. The minimum absolute atomic E-state index is 0.182. The molecule has 0 aromatic heterocycles. The first-order valence-corrected chi connectivity index (χ1v) is 6.96. The molecule has 1 unspecified atom stereocenters. The van der Waals surface area contributed by atoms with Crippen LogP contribution in [0.5, 0.6) is 5.75 Å². The van der Waals surface area contributed by atoms with Crippen LogP contribution in [0.2, 0.25) is 0 Å². The Hall–Kier alpha value is -2.21. The van der Waals surface area contributed by atoms with Crippen LogP contribution in [0.1, 0.15) is 23.7 Å². The average Bonchev–Trinajstić information content (AvgIpc) is 2.83. The van der Waals surface area contributed by atoms with Gasteiger partial charge in [0.15, 0.2) is 6.29 Å². The van der Waals surface area contributed by atoms with E-state index in [2.05, 4.69) is 16.3 Å². The van der Waals surface area contributed by atoms with E-state index < -0.39 is 0 Å². The Kier molecular flexibility index (Phi) is 3.47. The van der Waals surface area contributed by atoms with E-state index in [1.807, 2.05) is 13.0 Å². The van der Waals surface area contributed by atoms with Gasteiger partial charge in [0.2, 0.25) is 0 Å². The summed E-state index contributed by atoms with van der Waals surface area (Å²) in [4.78, 5) is 13.8. The number of carbonyl (C=O) groups is 1.